The van der Waals surface area contributed by atoms with E-state index in [9.17, 15) is 0 Å². The molecule has 3 aromatic rings. The van der Waals surface area contributed by atoms with Gasteiger partial charge in [0.1, 0.15) is 11.3 Å². The second-order valence-electron chi connectivity index (χ2n) is 4.70. The summed E-state index contributed by atoms with van der Waals surface area (Å²) in [5.74, 6) is 6.56. The summed E-state index contributed by atoms with van der Waals surface area (Å²) in [5.41, 5.74) is 5.07. The molecule has 0 spiro atoms. The number of hydrogen-bond acceptors (Lipinski definition) is 4. The molecular weight excluding hydrogens is 336 g/mol. The van der Waals surface area contributed by atoms with Gasteiger partial charge < -0.3 is 4.42 Å². The van der Waals surface area contributed by atoms with Crippen molar-refractivity contribution in [3.8, 4) is 0 Å². The Morgan fingerprint density at radius 1 is 1.35 bits per heavy atom. The summed E-state index contributed by atoms with van der Waals surface area (Å²) in [6, 6.07) is 10.2. The predicted octanol–water partition coefficient (Wildman–Crippen LogP) is 4.39. The zero-order chi connectivity index (χ0) is 13.9. The van der Waals surface area contributed by atoms with Crippen LogP contribution >= 0.6 is 27.3 Å². The van der Waals surface area contributed by atoms with Crippen molar-refractivity contribution in [3.05, 3.63) is 56.9 Å². The Bertz CT molecular complexity index is 693. The summed E-state index contributed by atoms with van der Waals surface area (Å²) in [6.45, 7) is 0. The molecule has 5 heteroatoms. The summed E-state index contributed by atoms with van der Waals surface area (Å²) in [6.07, 6.45) is 1.89. The molecule has 104 valence electrons. The molecule has 3 rings (SSSR count). The van der Waals surface area contributed by atoms with Crippen molar-refractivity contribution in [2.45, 2.75) is 18.9 Å². The second-order valence-corrected chi connectivity index (χ2v) is 6.33. The second kappa shape index (κ2) is 6.10. The van der Waals surface area contributed by atoms with Crippen LogP contribution < -0.4 is 11.3 Å². The molecule has 0 amide bonds. The lowest BCUT2D eigenvalue weighted by Crippen LogP contribution is -2.28. The van der Waals surface area contributed by atoms with Crippen LogP contribution in [-0.4, -0.2) is 0 Å². The molecule has 2 aromatic heterocycles. The van der Waals surface area contributed by atoms with E-state index in [0.717, 1.165) is 34.0 Å². The van der Waals surface area contributed by atoms with Crippen LogP contribution in [0.5, 0.6) is 0 Å². The van der Waals surface area contributed by atoms with Gasteiger partial charge in [-0.3, -0.25) is 5.84 Å². The fourth-order valence-electron chi connectivity index (χ4n) is 2.27. The van der Waals surface area contributed by atoms with Crippen molar-refractivity contribution >= 4 is 38.2 Å². The summed E-state index contributed by atoms with van der Waals surface area (Å²) in [7, 11) is 0. The lowest BCUT2D eigenvalue weighted by molar-refractivity contribution is 0.417. The normalized spacial score (nSPS) is 12.9. The van der Waals surface area contributed by atoms with E-state index in [0.29, 0.717) is 0 Å². The minimum absolute atomic E-state index is 0.0224. The van der Waals surface area contributed by atoms with E-state index in [1.54, 1.807) is 11.3 Å². The fourth-order valence-corrected chi connectivity index (χ4v) is 3.44. The maximum atomic E-state index is 5.93. The Labute approximate surface area is 129 Å². The average molecular weight is 351 g/mol. The predicted molar refractivity (Wildman–Crippen MR) is 86.6 cm³/mol. The first-order valence-corrected chi connectivity index (χ1v) is 8.16. The molecule has 1 aromatic carbocycles. The molecule has 3 N–H and O–H groups in total. The molecule has 20 heavy (non-hydrogen) atoms. The SMILES string of the molecule is NNC(CCc1ccsc1)c1cc2cccc(Br)c2o1. The summed E-state index contributed by atoms with van der Waals surface area (Å²) in [5, 5.41) is 5.35. The Morgan fingerprint density at radius 3 is 2.95 bits per heavy atom. The van der Waals surface area contributed by atoms with Crippen molar-refractivity contribution in [1.82, 2.24) is 5.43 Å². The Kier molecular flexibility index (Phi) is 4.21. The molecule has 2 heterocycles. The Morgan fingerprint density at radius 2 is 2.25 bits per heavy atom. The molecule has 0 radical (unpaired) electrons. The third-order valence-electron chi connectivity index (χ3n) is 3.36. The van der Waals surface area contributed by atoms with Crippen LogP contribution in [0.3, 0.4) is 0 Å². The summed E-state index contributed by atoms with van der Waals surface area (Å²) in [4.78, 5) is 0. The molecule has 0 bridgehead atoms. The monoisotopic (exact) mass is 350 g/mol. The highest BCUT2D eigenvalue weighted by Crippen LogP contribution is 2.31. The number of thiophene rings is 1. The van der Waals surface area contributed by atoms with Crippen molar-refractivity contribution < 1.29 is 4.42 Å². The molecule has 0 saturated carbocycles. The van der Waals surface area contributed by atoms with Gasteiger partial charge in [-0.2, -0.15) is 11.3 Å². The van der Waals surface area contributed by atoms with Crippen LogP contribution in [-0.2, 0) is 6.42 Å². The molecule has 0 aliphatic heterocycles. The highest BCUT2D eigenvalue weighted by atomic mass is 79.9. The van der Waals surface area contributed by atoms with Gasteiger partial charge in [-0.15, -0.1) is 0 Å². The minimum atomic E-state index is 0.0224. The van der Waals surface area contributed by atoms with E-state index >= 15 is 0 Å². The number of aryl methyl sites for hydroxylation is 1. The van der Waals surface area contributed by atoms with E-state index < -0.39 is 0 Å². The van der Waals surface area contributed by atoms with E-state index in [4.69, 9.17) is 10.3 Å². The van der Waals surface area contributed by atoms with Crippen molar-refractivity contribution in [3.63, 3.8) is 0 Å². The van der Waals surface area contributed by atoms with E-state index in [1.807, 2.05) is 18.2 Å². The quantitative estimate of drug-likeness (QED) is 0.529. The van der Waals surface area contributed by atoms with E-state index in [-0.39, 0.29) is 6.04 Å². The molecular formula is C15H15BrN2OS. The number of para-hydroxylation sites is 1. The maximum Gasteiger partial charge on any atom is 0.148 e. The van der Waals surface area contributed by atoms with Gasteiger partial charge in [0.25, 0.3) is 0 Å². The lowest BCUT2D eigenvalue weighted by atomic mass is 10.1. The number of rotatable bonds is 5. The van der Waals surface area contributed by atoms with Crippen molar-refractivity contribution in [2.24, 2.45) is 5.84 Å². The maximum absolute atomic E-state index is 5.93. The van der Waals surface area contributed by atoms with Gasteiger partial charge in [0.2, 0.25) is 0 Å². The number of benzene rings is 1. The highest BCUT2D eigenvalue weighted by Gasteiger charge is 2.16. The van der Waals surface area contributed by atoms with Crippen molar-refractivity contribution in [1.29, 1.82) is 0 Å². The van der Waals surface area contributed by atoms with Gasteiger partial charge in [-0.1, -0.05) is 12.1 Å². The summed E-state index contributed by atoms with van der Waals surface area (Å²) >= 11 is 5.23. The smallest absolute Gasteiger partial charge is 0.148 e. The standard InChI is InChI=1S/C15H15BrN2OS/c16-12-3-1-2-11-8-14(19-15(11)12)13(18-17)5-4-10-6-7-20-9-10/h1-3,6-9,13,18H,4-5,17H2. The number of nitrogens with two attached hydrogens (primary N) is 1. The van der Waals surface area contributed by atoms with Gasteiger partial charge in [0.15, 0.2) is 0 Å². The molecule has 1 atom stereocenters. The largest absolute Gasteiger partial charge is 0.458 e. The molecule has 1 unspecified atom stereocenters. The van der Waals surface area contributed by atoms with Crippen LogP contribution in [0.2, 0.25) is 0 Å². The first kappa shape index (κ1) is 13.8. The topological polar surface area (TPSA) is 51.2 Å². The van der Waals surface area contributed by atoms with Crippen LogP contribution in [0.15, 0.2) is 50.0 Å². The number of furan rings is 1. The molecule has 0 fully saturated rings. The van der Waals surface area contributed by atoms with Gasteiger partial charge >= 0.3 is 0 Å². The Balaban J connectivity index is 1.81. The number of hydrogen-bond donors (Lipinski definition) is 2. The van der Waals surface area contributed by atoms with Crippen LogP contribution in [0.1, 0.15) is 23.8 Å². The first-order valence-electron chi connectivity index (χ1n) is 6.43. The van der Waals surface area contributed by atoms with Crippen LogP contribution in [0.25, 0.3) is 11.0 Å². The van der Waals surface area contributed by atoms with E-state index in [1.165, 1.54) is 5.56 Å². The fraction of sp³-hybridized carbons (Fsp3) is 0.200. The van der Waals surface area contributed by atoms with Crippen molar-refractivity contribution in [2.75, 3.05) is 0 Å². The third kappa shape index (κ3) is 2.81. The lowest BCUT2D eigenvalue weighted by Gasteiger charge is -2.12. The van der Waals surface area contributed by atoms with Gasteiger partial charge in [0, 0.05) is 5.39 Å². The van der Waals surface area contributed by atoms with E-state index in [2.05, 4.69) is 44.2 Å². The zero-order valence-corrected chi connectivity index (χ0v) is 13.2. The Hall–Kier alpha value is -1.14. The van der Waals surface area contributed by atoms with Gasteiger partial charge in [-0.05, 0) is 63.3 Å². The molecule has 0 saturated heterocycles. The number of hydrazine groups is 1. The first-order chi connectivity index (χ1) is 9.78. The molecule has 3 nitrogen and oxygen atoms in total. The summed E-state index contributed by atoms with van der Waals surface area (Å²) < 4.78 is 6.90. The van der Waals surface area contributed by atoms with Crippen LogP contribution in [0, 0.1) is 0 Å². The number of fused-ring (bicyclic) bond motifs is 1. The third-order valence-corrected chi connectivity index (χ3v) is 4.72. The minimum Gasteiger partial charge on any atom is -0.458 e. The molecule has 0 aliphatic carbocycles. The van der Waals surface area contributed by atoms with Gasteiger partial charge in [0.05, 0.1) is 10.5 Å². The number of nitrogens with one attached hydrogen (secondary N) is 1. The molecule has 0 aliphatic rings. The zero-order valence-electron chi connectivity index (χ0n) is 10.8. The highest BCUT2D eigenvalue weighted by molar-refractivity contribution is 9.10. The van der Waals surface area contributed by atoms with Gasteiger partial charge in [-0.25, -0.2) is 5.43 Å². The average Bonchev–Trinajstić information content (AvgIpc) is 3.09. The number of halogens is 1. The van der Waals surface area contributed by atoms with Crippen LogP contribution in [0.4, 0.5) is 0 Å².